The van der Waals surface area contributed by atoms with Crippen LogP contribution >= 0.6 is 0 Å². The first-order valence-electron chi connectivity index (χ1n) is 7.32. The predicted octanol–water partition coefficient (Wildman–Crippen LogP) is 3.47. The van der Waals surface area contributed by atoms with Gasteiger partial charge in [-0.05, 0) is 35.4 Å². The molecule has 0 aliphatic carbocycles. The molecule has 2 aromatic heterocycles. The molecule has 0 radical (unpaired) electrons. The summed E-state index contributed by atoms with van der Waals surface area (Å²) in [5.41, 5.74) is 8.97. The average molecular weight is 340 g/mol. The molecule has 1 atom stereocenters. The van der Waals surface area contributed by atoms with Crippen LogP contribution in [0, 0.1) is 5.82 Å². The van der Waals surface area contributed by atoms with Gasteiger partial charge in [0, 0.05) is 17.3 Å². The van der Waals surface area contributed by atoms with Crippen LogP contribution in [0.4, 0.5) is 4.39 Å². The lowest BCUT2D eigenvalue weighted by molar-refractivity contribution is 0.0912. The Kier molecular flexibility index (Phi) is 4.77. The zero-order chi connectivity index (χ0) is 17.6. The Labute approximate surface area is 141 Å². The van der Waals surface area contributed by atoms with Gasteiger partial charge in [-0.25, -0.2) is 9.37 Å². The number of carbonyl (C=O) groups excluding carboxylic acids is 1. The molecular formula is C16H13FN6O2. The van der Waals surface area contributed by atoms with Gasteiger partial charge in [-0.15, -0.1) is 0 Å². The Balaban J connectivity index is 1.82. The van der Waals surface area contributed by atoms with Crippen LogP contribution in [-0.4, -0.2) is 15.9 Å². The van der Waals surface area contributed by atoms with E-state index in [1.54, 1.807) is 30.6 Å². The lowest BCUT2D eigenvalue weighted by Gasteiger charge is -2.16. The second-order valence-corrected chi connectivity index (χ2v) is 5.09. The molecule has 0 saturated heterocycles. The van der Waals surface area contributed by atoms with E-state index in [9.17, 15) is 9.18 Å². The van der Waals surface area contributed by atoms with Crippen LogP contribution < -0.4 is 5.32 Å². The average Bonchev–Trinajstić information content (AvgIpc) is 3.30. The number of imidazole rings is 1. The minimum Gasteiger partial charge on any atom is -0.456 e. The number of halogens is 1. The maximum atomic E-state index is 13.2. The van der Waals surface area contributed by atoms with Crippen molar-refractivity contribution in [3.05, 3.63) is 88.0 Å². The van der Waals surface area contributed by atoms with Gasteiger partial charge in [-0.3, -0.25) is 4.79 Å². The topological polar surface area (TPSA) is 120 Å². The van der Waals surface area contributed by atoms with E-state index >= 15 is 0 Å². The molecule has 1 aromatic carbocycles. The number of rotatable bonds is 6. The highest BCUT2D eigenvalue weighted by atomic mass is 19.1. The minimum atomic E-state index is -0.603. The van der Waals surface area contributed by atoms with Gasteiger partial charge in [0.25, 0.3) is 5.91 Å². The van der Waals surface area contributed by atoms with Crippen molar-refractivity contribution in [1.82, 2.24) is 15.3 Å². The molecule has 3 rings (SSSR count). The molecule has 2 heterocycles. The summed E-state index contributed by atoms with van der Waals surface area (Å²) < 4.78 is 18.5. The monoisotopic (exact) mass is 340 g/mol. The summed E-state index contributed by atoms with van der Waals surface area (Å²) in [6.07, 6.45) is 3.19. The van der Waals surface area contributed by atoms with Crippen LogP contribution in [0.25, 0.3) is 10.4 Å². The smallest absolute Gasteiger partial charge is 0.287 e. The lowest BCUT2D eigenvalue weighted by atomic mass is 10.1. The number of carbonyl (C=O) groups is 1. The highest BCUT2D eigenvalue weighted by Crippen LogP contribution is 2.20. The third-order valence-electron chi connectivity index (χ3n) is 3.45. The molecule has 126 valence electrons. The van der Waals surface area contributed by atoms with Gasteiger partial charge in [0.05, 0.1) is 6.54 Å². The number of nitrogens with one attached hydrogen (secondary N) is 2. The van der Waals surface area contributed by atoms with E-state index in [0.717, 1.165) is 0 Å². The molecule has 0 aliphatic heterocycles. The van der Waals surface area contributed by atoms with Crippen LogP contribution in [0.5, 0.6) is 0 Å². The first-order valence-corrected chi connectivity index (χ1v) is 7.32. The van der Waals surface area contributed by atoms with Crippen LogP contribution in [0.2, 0.25) is 0 Å². The molecule has 8 nitrogen and oxygen atoms in total. The van der Waals surface area contributed by atoms with Gasteiger partial charge >= 0.3 is 0 Å². The molecule has 0 fully saturated rings. The van der Waals surface area contributed by atoms with Crippen molar-refractivity contribution in [1.29, 1.82) is 0 Å². The Morgan fingerprint density at radius 3 is 2.84 bits per heavy atom. The summed E-state index contributed by atoms with van der Waals surface area (Å²) in [5.74, 6) is 0.0989. The van der Waals surface area contributed by atoms with Crippen molar-refractivity contribution in [3.63, 3.8) is 0 Å². The van der Waals surface area contributed by atoms with E-state index in [0.29, 0.717) is 17.1 Å². The zero-order valence-corrected chi connectivity index (χ0v) is 12.9. The molecule has 2 N–H and O–H groups in total. The Morgan fingerprint density at radius 2 is 2.16 bits per heavy atom. The summed E-state index contributed by atoms with van der Waals surface area (Å²) in [5, 5.41) is 6.17. The standard InChI is InChI=1S/C16H13FN6O2/c17-11-3-1-10(2-4-11)14(15-19-7-8-20-15)22-16(24)13-6-5-12(25-13)9-21-23-18/h1-8,14H,9H2,(H,19,20)(H,22,24). The van der Waals surface area contributed by atoms with Gasteiger partial charge < -0.3 is 14.7 Å². The number of nitrogens with zero attached hydrogens (tertiary/aromatic N) is 4. The normalized spacial score (nSPS) is 11.6. The highest BCUT2D eigenvalue weighted by Gasteiger charge is 2.21. The largest absolute Gasteiger partial charge is 0.456 e. The Bertz CT molecular complexity index is 897. The molecule has 1 amide bonds. The number of azide groups is 1. The number of aromatic amines is 1. The van der Waals surface area contributed by atoms with E-state index < -0.39 is 11.9 Å². The summed E-state index contributed by atoms with van der Waals surface area (Å²) in [6, 6.07) is 8.19. The number of hydrogen-bond acceptors (Lipinski definition) is 4. The molecule has 3 aromatic rings. The first-order chi connectivity index (χ1) is 12.2. The number of furan rings is 1. The van der Waals surface area contributed by atoms with Gasteiger partial charge in [0.2, 0.25) is 0 Å². The van der Waals surface area contributed by atoms with Gasteiger partial charge in [-0.1, -0.05) is 17.2 Å². The minimum absolute atomic E-state index is 0.0172. The lowest BCUT2D eigenvalue weighted by Crippen LogP contribution is -2.29. The van der Waals surface area contributed by atoms with Crippen molar-refractivity contribution in [2.24, 2.45) is 5.11 Å². The predicted molar refractivity (Wildman–Crippen MR) is 85.9 cm³/mol. The number of hydrogen-bond donors (Lipinski definition) is 2. The maximum Gasteiger partial charge on any atom is 0.287 e. The third-order valence-corrected chi connectivity index (χ3v) is 3.45. The van der Waals surface area contributed by atoms with Gasteiger partial charge in [-0.2, -0.15) is 0 Å². The van der Waals surface area contributed by atoms with Gasteiger partial charge in [0.1, 0.15) is 23.4 Å². The summed E-state index contributed by atoms with van der Waals surface area (Å²) in [4.78, 5) is 22.2. The highest BCUT2D eigenvalue weighted by molar-refractivity contribution is 5.92. The summed E-state index contributed by atoms with van der Waals surface area (Å²) in [7, 11) is 0. The van der Waals surface area contributed by atoms with Crippen LogP contribution in [-0.2, 0) is 6.54 Å². The van der Waals surface area contributed by atoms with Gasteiger partial charge in [0.15, 0.2) is 5.76 Å². The number of aromatic nitrogens is 2. The fraction of sp³-hybridized carbons (Fsp3) is 0.125. The Hall–Kier alpha value is -3.58. The molecule has 0 spiro atoms. The summed E-state index contributed by atoms with van der Waals surface area (Å²) >= 11 is 0. The maximum absolute atomic E-state index is 13.2. The quantitative estimate of drug-likeness (QED) is 0.406. The number of benzene rings is 1. The van der Waals surface area contributed by atoms with Crippen molar-refractivity contribution in [3.8, 4) is 0 Å². The third kappa shape index (κ3) is 3.85. The second-order valence-electron chi connectivity index (χ2n) is 5.09. The second kappa shape index (κ2) is 7.33. The van der Waals surface area contributed by atoms with E-state index in [2.05, 4.69) is 25.3 Å². The molecule has 0 aliphatic rings. The fourth-order valence-electron chi connectivity index (χ4n) is 2.29. The van der Waals surface area contributed by atoms with E-state index in [4.69, 9.17) is 9.95 Å². The van der Waals surface area contributed by atoms with Crippen molar-refractivity contribution >= 4 is 5.91 Å². The SMILES string of the molecule is [N-]=[N+]=NCc1ccc(C(=O)NC(c2ccc(F)cc2)c2ncc[nH]2)o1. The molecule has 25 heavy (non-hydrogen) atoms. The van der Waals surface area contributed by atoms with Crippen molar-refractivity contribution in [2.75, 3.05) is 0 Å². The van der Waals surface area contributed by atoms with E-state index in [1.165, 1.54) is 18.2 Å². The summed E-state index contributed by atoms with van der Waals surface area (Å²) in [6.45, 7) is 0.0172. The molecule has 9 heteroatoms. The van der Waals surface area contributed by atoms with Crippen LogP contribution in [0.3, 0.4) is 0 Å². The molecular weight excluding hydrogens is 327 g/mol. The van der Waals surface area contributed by atoms with Crippen LogP contribution in [0.1, 0.15) is 33.7 Å². The zero-order valence-electron chi connectivity index (χ0n) is 12.9. The van der Waals surface area contributed by atoms with Crippen LogP contribution in [0.15, 0.2) is 58.3 Å². The van der Waals surface area contributed by atoms with E-state index in [-0.39, 0.29) is 18.1 Å². The molecule has 0 saturated carbocycles. The number of amides is 1. The molecule has 1 unspecified atom stereocenters. The van der Waals surface area contributed by atoms with E-state index in [1.807, 2.05) is 0 Å². The Morgan fingerprint density at radius 1 is 1.36 bits per heavy atom. The number of H-pyrrole nitrogens is 1. The van der Waals surface area contributed by atoms with Crippen molar-refractivity contribution < 1.29 is 13.6 Å². The van der Waals surface area contributed by atoms with Crippen molar-refractivity contribution in [2.45, 2.75) is 12.6 Å². The fourth-order valence-corrected chi connectivity index (χ4v) is 2.29. The molecule has 0 bridgehead atoms. The first kappa shape index (κ1) is 16.3.